The monoisotopic (exact) mass is 306 g/mol. The van der Waals surface area contributed by atoms with Gasteiger partial charge in [-0.2, -0.15) is 0 Å². The zero-order chi connectivity index (χ0) is 15.9. The van der Waals surface area contributed by atoms with E-state index in [-0.39, 0.29) is 0 Å². The van der Waals surface area contributed by atoms with Crippen molar-refractivity contribution in [1.82, 2.24) is 0 Å². The summed E-state index contributed by atoms with van der Waals surface area (Å²) >= 11 is 0. The van der Waals surface area contributed by atoms with Gasteiger partial charge in [0.25, 0.3) is 0 Å². The van der Waals surface area contributed by atoms with E-state index in [1.165, 1.54) is 53.6 Å². The van der Waals surface area contributed by atoms with Gasteiger partial charge in [-0.1, -0.05) is 75.4 Å². The first kappa shape index (κ1) is 15.9. The minimum atomic E-state index is 0.818. The van der Waals surface area contributed by atoms with E-state index in [0.717, 1.165) is 18.8 Å². The van der Waals surface area contributed by atoms with E-state index in [0.29, 0.717) is 0 Å². The van der Waals surface area contributed by atoms with E-state index < -0.39 is 0 Å². The Morgan fingerprint density at radius 3 is 2.22 bits per heavy atom. The van der Waals surface area contributed by atoms with Crippen molar-refractivity contribution >= 4 is 21.5 Å². The van der Waals surface area contributed by atoms with E-state index in [2.05, 4.69) is 61.5 Å². The summed E-state index contributed by atoms with van der Waals surface area (Å²) in [7, 11) is 0. The van der Waals surface area contributed by atoms with Crippen LogP contribution in [0.1, 0.15) is 45.4 Å². The highest BCUT2D eigenvalue weighted by molar-refractivity contribution is 6.00. The maximum atomic E-state index is 6.07. The number of hydrogen-bond acceptors (Lipinski definition) is 1. The normalized spacial score (nSPS) is 11.2. The quantitative estimate of drug-likeness (QED) is 0.331. The highest BCUT2D eigenvalue weighted by Gasteiger charge is 2.04. The lowest BCUT2D eigenvalue weighted by molar-refractivity contribution is 0.308. The van der Waals surface area contributed by atoms with Gasteiger partial charge in [0.15, 0.2) is 0 Å². The predicted molar refractivity (Wildman–Crippen MR) is 100 cm³/mol. The summed E-state index contributed by atoms with van der Waals surface area (Å²) in [6.07, 6.45) is 7.77. The summed E-state index contributed by atoms with van der Waals surface area (Å²) in [4.78, 5) is 0. The number of benzene rings is 3. The molecule has 0 aromatic heterocycles. The average Bonchev–Trinajstić information content (AvgIpc) is 2.59. The highest BCUT2D eigenvalue weighted by Crippen LogP contribution is 2.30. The third kappa shape index (κ3) is 4.04. The Morgan fingerprint density at radius 1 is 0.696 bits per heavy atom. The van der Waals surface area contributed by atoms with Gasteiger partial charge >= 0.3 is 0 Å². The molecule has 0 spiro atoms. The molecule has 0 unspecified atom stereocenters. The Morgan fingerprint density at radius 2 is 1.39 bits per heavy atom. The fourth-order valence-corrected chi connectivity index (χ4v) is 3.13. The van der Waals surface area contributed by atoms with Crippen LogP contribution in [0.4, 0.5) is 0 Å². The molecule has 1 heteroatoms. The molecule has 0 fully saturated rings. The summed E-state index contributed by atoms with van der Waals surface area (Å²) in [5, 5.41) is 5.03. The second-order valence-corrected chi connectivity index (χ2v) is 6.29. The van der Waals surface area contributed by atoms with Crippen molar-refractivity contribution in [3.63, 3.8) is 0 Å². The minimum Gasteiger partial charge on any atom is -0.493 e. The molecule has 3 aromatic carbocycles. The van der Waals surface area contributed by atoms with Crippen LogP contribution in [0.2, 0.25) is 0 Å². The summed E-state index contributed by atoms with van der Waals surface area (Å²) in [5.74, 6) is 1.02. The van der Waals surface area contributed by atoms with Gasteiger partial charge < -0.3 is 4.74 Å². The smallest absolute Gasteiger partial charge is 0.127 e. The SMILES string of the molecule is CCCCCCCCOc1cccc2cc3ccccc3cc12. The van der Waals surface area contributed by atoms with Crippen molar-refractivity contribution in [2.45, 2.75) is 45.4 Å². The first-order valence-corrected chi connectivity index (χ1v) is 8.93. The van der Waals surface area contributed by atoms with Crippen LogP contribution in [0.25, 0.3) is 21.5 Å². The van der Waals surface area contributed by atoms with Crippen molar-refractivity contribution in [3.05, 3.63) is 54.6 Å². The summed E-state index contributed by atoms with van der Waals surface area (Å²) in [6, 6.07) is 19.4. The molecule has 0 N–H and O–H groups in total. The molecule has 0 aliphatic heterocycles. The largest absolute Gasteiger partial charge is 0.493 e. The Balaban J connectivity index is 1.67. The van der Waals surface area contributed by atoms with Crippen LogP contribution in [0.3, 0.4) is 0 Å². The van der Waals surface area contributed by atoms with Crippen molar-refractivity contribution in [2.24, 2.45) is 0 Å². The molecule has 0 saturated heterocycles. The lowest BCUT2D eigenvalue weighted by Crippen LogP contribution is -1.98. The first-order valence-electron chi connectivity index (χ1n) is 8.93. The van der Waals surface area contributed by atoms with Gasteiger partial charge in [0.1, 0.15) is 5.75 Å². The number of unbranched alkanes of at least 4 members (excludes halogenated alkanes) is 5. The lowest BCUT2D eigenvalue weighted by Gasteiger charge is -2.10. The number of ether oxygens (including phenoxy) is 1. The van der Waals surface area contributed by atoms with E-state index in [1.807, 2.05) is 0 Å². The standard InChI is InChI=1S/C22H26O/c1-2-3-4-5-6-9-15-23-22-14-10-13-20-16-18-11-7-8-12-19(18)17-21(20)22/h7-8,10-14,16-17H,2-6,9,15H2,1H3. The van der Waals surface area contributed by atoms with Crippen LogP contribution in [0.15, 0.2) is 54.6 Å². The van der Waals surface area contributed by atoms with Crippen LogP contribution < -0.4 is 4.74 Å². The molecule has 0 bridgehead atoms. The van der Waals surface area contributed by atoms with Crippen LogP contribution in [-0.4, -0.2) is 6.61 Å². The molecule has 1 nitrogen and oxygen atoms in total. The summed E-state index contributed by atoms with van der Waals surface area (Å²) in [5.41, 5.74) is 0. The van der Waals surface area contributed by atoms with Crippen LogP contribution in [0, 0.1) is 0 Å². The second kappa shape index (κ2) is 8.01. The maximum Gasteiger partial charge on any atom is 0.127 e. The minimum absolute atomic E-state index is 0.818. The van der Waals surface area contributed by atoms with Crippen LogP contribution >= 0.6 is 0 Å². The molecular weight excluding hydrogens is 280 g/mol. The van der Waals surface area contributed by atoms with Gasteiger partial charge in [0, 0.05) is 5.39 Å². The number of fused-ring (bicyclic) bond motifs is 2. The molecule has 0 heterocycles. The van der Waals surface area contributed by atoms with Gasteiger partial charge in [0.05, 0.1) is 6.61 Å². The highest BCUT2D eigenvalue weighted by atomic mass is 16.5. The second-order valence-electron chi connectivity index (χ2n) is 6.29. The Hall–Kier alpha value is -2.02. The molecule has 0 aliphatic carbocycles. The van der Waals surface area contributed by atoms with Crippen molar-refractivity contribution < 1.29 is 4.74 Å². The molecule has 0 saturated carbocycles. The first-order chi connectivity index (χ1) is 11.4. The van der Waals surface area contributed by atoms with Gasteiger partial charge in [0.2, 0.25) is 0 Å². The predicted octanol–water partition coefficient (Wildman–Crippen LogP) is 6.73. The molecule has 0 radical (unpaired) electrons. The Labute approximate surface area is 139 Å². The zero-order valence-electron chi connectivity index (χ0n) is 14.1. The van der Waals surface area contributed by atoms with E-state index in [9.17, 15) is 0 Å². The molecule has 0 amide bonds. The van der Waals surface area contributed by atoms with E-state index in [1.54, 1.807) is 0 Å². The van der Waals surface area contributed by atoms with Crippen molar-refractivity contribution in [2.75, 3.05) is 6.61 Å². The summed E-state index contributed by atoms with van der Waals surface area (Å²) < 4.78 is 6.07. The molecule has 120 valence electrons. The molecular formula is C22H26O. The average molecular weight is 306 g/mol. The number of hydrogen-bond donors (Lipinski definition) is 0. The zero-order valence-corrected chi connectivity index (χ0v) is 14.1. The fraction of sp³-hybridized carbons (Fsp3) is 0.364. The fourth-order valence-electron chi connectivity index (χ4n) is 3.13. The van der Waals surface area contributed by atoms with Gasteiger partial charge in [-0.25, -0.2) is 0 Å². The van der Waals surface area contributed by atoms with Crippen LogP contribution in [0.5, 0.6) is 5.75 Å². The van der Waals surface area contributed by atoms with Gasteiger partial charge in [-0.05, 0) is 40.8 Å². The van der Waals surface area contributed by atoms with E-state index >= 15 is 0 Å². The van der Waals surface area contributed by atoms with Crippen molar-refractivity contribution in [3.8, 4) is 5.75 Å². The van der Waals surface area contributed by atoms with Crippen LogP contribution in [-0.2, 0) is 0 Å². The topological polar surface area (TPSA) is 9.23 Å². The molecule has 3 rings (SSSR count). The molecule has 0 aliphatic rings. The third-order valence-corrected chi connectivity index (χ3v) is 4.46. The Kier molecular flexibility index (Phi) is 5.52. The van der Waals surface area contributed by atoms with Crippen molar-refractivity contribution in [1.29, 1.82) is 0 Å². The Bertz CT molecular complexity index is 760. The third-order valence-electron chi connectivity index (χ3n) is 4.46. The van der Waals surface area contributed by atoms with Gasteiger partial charge in [-0.15, -0.1) is 0 Å². The molecule has 0 atom stereocenters. The number of rotatable bonds is 8. The van der Waals surface area contributed by atoms with Gasteiger partial charge in [-0.3, -0.25) is 0 Å². The summed E-state index contributed by atoms with van der Waals surface area (Å²) in [6.45, 7) is 3.07. The molecule has 3 aromatic rings. The molecule has 23 heavy (non-hydrogen) atoms. The maximum absolute atomic E-state index is 6.07. The van der Waals surface area contributed by atoms with E-state index in [4.69, 9.17) is 4.74 Å². The lowest BCUT2D eigenvalue weighted by atomic mass is 10.0.